The molecule has 2 atom stereocenters. The summed E-state index contributed by atoms with van der Waals surface area (Å²) >= 11 is 0. The third-order valence-corrected chi connectivity index (χ3v) is 2.15. The Labute approximate surface area is 73.1 Å². The summed E-state index contributed by atoms with van der Waals surface area (Å²) in [5.74, 6) is -0.0460. The highest BCUT2D eigenvalue weighted by atomic mass is 16.2. The first-order chi connectivity index (χ1) is 5.59. The van der Waals surface area contributed by atoms with E-state index in [2.05, 4.69) is 17.3 Å². The second-order valence-electron chi connectivity index (χ2n) is 3.55. The predicted octanol–water partition coefficient (Wildman–Crippen LogP) is -0.846. The predicted molar refractivity (Wildman–Crippen MR) is 47.7 cm³/mol. The summed E-state index contributed by atoms with van der Waals surface area (Å²) in [6.45, 7) is 3.70. The Hall–Kier alpha value is -0.610. The number of nitrogens with zero attached hydrogens (tertiary/aromatic N) is 1. The number of carbonyl (C=O) groups is 1. The van der Waals surface area contributed by atoms with Crippen LogP contribution < -0.4 is 11.1 Å². The minimum atomic E-state index is -0.393. The largest absolute Gasteiger partial charge is 0.351 e. The second kappa shape index (κ2) is 3.87. The maximum Gasteiger partial charge on any atom is 0.236 e. The molecule has 0 aromatic heterocycles. The Morgan fingerprint density at radius 1 is 1.75 bits per heavy atom. The molecule has 1 heterocycles. The van der Waals surface area contributed by atoms with Gasteiger partial charge in [0.05, 0.1) is 6.04 Å². The standard InChI is InChI=1S/C8H17N3O/c1-6(9)8(12)10-7-3-4-11(2)5-7/h6-7H,3-5,9H2,1-2H3,(H,10,12)/t6-,7-/m1/s1. The fourth-order valence-electron chi connectivity index (χ4n) is 1.39. The van der Waals surface area contributed by atoms with Crippen LogP contribution in [0.2, 0.25) is 0 Å². The van der Waals surface area contributed by atoms with Crippen LogP contribution >= 0.6 is 0 Å². The number of likely N-dealkylation sites (tertiary alicyclic amines) is 1. The molecule has 0 bridgehead atoms. The molecule has 70 valence electrons. The first-order valence-corrected chi connectivity index (χ1v) is 4.34. The SMILES string of the molecule is C[C@@H](N)C(=O)N[C@@H]1CCN(C)C1. The van der Waals surface area contributed by atoms with Crippen LogP contribution in [-0.2, 0) is 4.79 Å². The lowest BCUT2D eigenvalue weighted by molar-refractivity contribution is -0.122. The van der Waals surface area contributed by atoms with Crippen LogP contribution in [-0.4, -0.2) is 43.0 Å². The van der Waals surface area contributed by atoms with Crippen LogP contribution in [0, 0.1) is 0 Å². The van der Waals surface area contributed by atoms with E-state index in [0.29, 0.717) is 6.04 Å². The number of amides is 1. The number of nitrogens with two attached hydrogens (primary N) is 1. The van der Waals surface area contributed by atoms with E-state index >= 15 is 0 Å². The van der Waals surface area contributed by atoms with Crippen molar-refractivity contribution in [3.05, 3.63) is 0 Å². The topological polar surface area (TPSA) is 58.4 Å². The fourth-order valence-corrected chi connectivity index (χ4v) is 1.39. The number of hydrogen-bond donors (Lipinski definition) is 2. The van der Waals surface area contributed by atoms with Crippen molar-refractivity contribution in [2.75, 3.05) is 20.1 Å². The minimum Gasteiger partial charge on any atom is -0.351 e. The molecule has 0 aliphatic carbocycles. The molecule has 1 aliphatic rings. The van der Waals surface area contributed by atoms with Crippen molar-refractivity contribution in [1.29, 1.82) is 0 Å². The molecule has 0 aromatic rings. The van der Waals surface area contributed by atoms with Crippen LogP contribution in [0.25, 0.3) is 0 Å². The number of likely N-dealkylation sites (N-methyl/N-ethyl adjacent to an activating group) is 1. The lowest BCUT2D eigenvalue weighted by atomic mass is 10.2. The molecule has 0 aromatic carbocycles. The summed E-state index contributed by atoms with van der Waals surface area (Å²) in [6, 6.07) is -0.0931. The summed E-state index contributed by atoms with van der Waals surface area (Å²) in [7, 11) is 2.05. The molecule has 0 saturated carbocycles. The molecule has 0 unspecified atom stereocenters. The molecule has 3 N–H and O–H groups in total. The normalized spacial score (nSPS) is 27.1. The molecule has 0 spiro atoms. The van der Waals surface area contributed by atoms with Crippen LogP contribution in [0.1, 0.15) is 13.3 Å². The maximum atomic E-state index is 11.2. The van der Waals surface area contributed by atoms with Gasteiger partial charge in [0.1, 0.15) is 0 Å². The minimum absolute atomic E-state index is 0.0460. The van der Waals surface area contributed by atoms with Gasteiger partial charge < -0.3 is 16.0 Å². The molecule has 1 fully saturated rings. The zero-order chi connectivity index (χ0) is 9.14. The Morgan fingerprint density at radius 3 is 2.83 bits per heavy atom. The quantitative estimate of drug-likeness (QED) is 0.569. The Bertz CT molecular complexity index is 170. The fraction of sp³-hybridized carbons (Fsp3) is 0.875. The van der Waals surface area contributed by atoms with Crippen LogP contribution in [0.5, 0.6) is 0 Å². The highest BCUT2D eigenvalue weighted by Crippen LogP contribution is 2.05. The van der Waals surface area contributed by atoms with Crippen molar-refractivity contribution in [2.45, 2.75) is 25.4 Å². The molecule has 1 amide bonds. The van der Waals surface area contributed by atoms with Gasteiger partial charge in [-0.2, -0.15) is 0 Å². The van der Waals surface area contributed by atoms with Crippen molar-refractivity contribution in [1.82, 2.24) is 10.2 Å². The van der Waals surface area contributed by atoms with Gasteiger partial charge in [0, 0.05) is 12.6 Å². The number of rotatable bonds is 2. The summed E-state index contributed by atoms with van der Waals surface area (Å²) < 4.78 is 0. The van der Waals surface area contributed by atoms with E-state index in [1.165, 1.54) is 0 Å². The molecule has 4 nitrogen and oxygen atoms in total. The van der Waals surface area contributed by atoms with E-state index in [1.807, 2.05) is 0 Å². The second-order valence-corrected chi connectivity index (χ2v) is 3.55. The molecule has 12 heavy (non-hydrogen) atoms. The number of nitrogens with one attached hydrogen (secondary N) is 1. The summed E-state index contributed by atoms with van der Waals surface area (Å²) in [5, 5.41) is 2.90. The van der Waals surface area contributed by atoms with Gasteiger partial charge in [-0.15, -0.1) is 0 Å². The third kappa shape index (κ3) is 2.46. The van der Waals surface area contributed by atoms with Gasteiger partial charge in [-0.3, -0.25) is 4.79 Å². The van der Waals surface area contributed by atoms with E-state index in [9.17, 15) is 4.79 Å². The lowest BCUT2D eigenvalue weighted by Crippen LogP contribution is -2.44. The first-order valence-electron chi connectivity index (χ1n) is 4.34. The van der Waals surface area contributed by atoms with Gasteiger partial charge in [0.15, 0.2) is 0 Å². The van der Waals surface area contributed by atoms with Crippen LogP contribution in [0.15, 0.2) is 0 Å². The van der Waals surface area contributed by atoms with E-state index in [4.69, 9.17) is 5.73 Å². The molecule has 1 rings (SSSR count). The summed E-state index contributed by atoms with van der Waals surface area (Å²) in [5.41, 5.74) is 5.42. The Balaban J connectivity index is 2.28. The third-order valence-electron chi connectivity index (χ3n) is 2.15. The van der Waals surface area contributed by atoms with Crippen LogP contribution in [0.3, 0.4) is 0 Å². The Kier molecular flexibility index (Phi) is 3.05. The molecule has 4 heteroatoms. The monoisotopic (exact) mass is 171 g/mol. The molecule has 1 saturated heterocycles. The van der Waals surface area contributed by atoms with Gasteiger partial charge in [-0.25, -0.2) is 0 Å². The Morgan fingerprint density at radius 2 is 2.42 bits per heavy atom. The maximum absolute atomic E-state index is 11.2. The highest BCUT2D eigenvalue weighted by molar-refractivity contribution is 5.81. The highest BCUT2D eigenvalue weighted by Gasteiger charge is 2.21. The zero-order valence-corrected chi connectivity index (χ0v) is 7.71. The van der Waals surface area contributed by atoms with Crippen molar-refractivity contribution in [2.24, 2.45) is 5.73 Å². The van der Waals surface area contributed by atoms with Crippen molar-refractivity contribution >= 4 is 5.91 Å². The van der Waals surface area contributed by atoms with Crippen LogP contribution in [0.4, 0.5) is 0 Å². The zero-order valence-electron chi connectivity index (χ0n) is 7.71. The first kappa shape index (κ1) is 9.48. The van der Waals surface area contributed by atoms with Crippen molar-refractivity contribution in [3.8, 4) is 0 Å². The molecular weight excluding hydrogens is 154 g/mol. The van der Waals surface area contributed by atoms with Gasteiger partial charge in [-0.1, -0.05) is 0 Å². The van der Waals surface area contributed by atoms with E-state index in [-0.39, 0.29) is 5.91 Å². The van der Waals surface area contributed by atoms with E-state index in [0.717, 1.165) is 19.5 Å². The molecule has 0 radical (unpaired) electrons. The van der Waals surface area contributed by atoms with Gasteiger partial charge in [0.25, 0.3) is 0 Å². The smallest absolute Gasteiger partial charge is 0.236 e. The molecular formula is C8H17N3O. The van der Waals surface area contributed by atoms with Gasteiger partial charge in [-0.05, 0) is 26.9 Å². The van der Waals surface area contributed by atoms with Gasteiger partial charge in [0.2, 0.25) is 5.91 Å². The number of carbonyl (C=O) groups excluding carboxylic acids is 1. The van der Waals surface area contributed by atoms with Crippen molar-refractivity contribution in [3.63, 3.8) is 0 Å². The average Bonchev–Trinajstić information content (AvgIpc) is 2.35. The summed E-state index contributed by atoms with van der Waals surface area (Å²) in [6.07, 6.45) is 1.04. The van der Waals surface area contributed by atoms with E-state index in [1.54, 1.807) is 6.92 Å². The molecule has 1 aliphatic heterocycles. The lowest BCUT2D eigenvalue weighted by Gasteiger charge is -2.14. The van der Waals surface area contributed by atoms with Gasteiger partial charge >= 0.3 is 0 Å². The summed E-state index contributed by atoms with van der Waals surface area (Å²) in [4.78, 5) is 13.4. The average molecular weight is 171 g/mol. The van der Waals surface area contributed by atoms with Crippen molar-refractivity contribution < 1.29 is 4.79 Å². The number of hydrogen-bond acceptors (Lipinski definition) is 3. The van der Waals surface area contributed by atoms with E-state index < -0.39 is 6.04 Å².